The van der Waals surface area contributed by atoms with Crippen molar-refractivity contribution in [2.75, 3.05) is 0 Å². The smallest absolute Gasteiger partial charge is 0.0674 e. The molecule has 0 aliphatic heterocycles. The summed E-state index contributed by atoms with van der Waals surface area (Å²) in [5, 5.41) is 6.24. The first-order chi connectivity index (χ1) is 8.23. The second-order valence-corrected chi connectivity index (χ2v) is 14.3. The van der Waals surface area contributed by atoms with Crippen molar-refractivity contribution < 1.29 is 0 Å². The van der Waals surface area contributed by atoms with Gasteiger partial charge in [0.15, 0.2) is 0 Å². The fourth-order valence-electron chi connectivity index (χ4n) is 3.29. The first-order valence-corrected chi connectivity index (χ1v) is 12.1. The van der Waals surface area contributed by atoms with Crippen LogP contribution >= 0.6 is 0 Å². The van der Waals surface area contributed by atoms with Gasteiger partial charge >= 0.3 is 0 Å². The van der Waals surface area contributed by atoms with Gasteiger partial charge in [-0.05, 0) is 33.1 Å². The zero-order valence-corrected chi connectivity index (χ0v) is 16.6. The molecule has 1 unspecified atom stereocenters. The van der Waals surface area contributed by atoms with Crippen LogP contribution in [0.4, 0.5) is 0 Å². The quantitative estimate of drug-likeness (QED) is 0.764. The van der Waals surface area contributed by atoms with Crippen LogP contribution in [0.5, 0.6) is 0 Å². The van der Waals surface area contributed by atoms with Crippen molar-refractivity contribution in [1.82, 2.24) is 5.32 Å². The Labute approximate surface area is 118 Å². The van der Waals surface area contributed by atoms with E-state index in [1.54, 1.807) is 10.8 Å². The second-order valence-electron chi connectivity index (χ2n) is 7.33. The maximum absolute atomic E-state index is 4.13. The molecule has 0 radical (unpaired) electrons. The van der Waals surface area contributed by atoms with Crippen LogP contribution in [0.15, 0.2) is 10.8 Å². The molecule has 1 fully saturated rings. The second kappa shape index (κ2) is 6.06. The Morgan fingerprint density at radius 2 is 1.72 bits per heavy atom. The minimum absolute atomic E-state index is 0.492. The third-order valence-electron chi connectivity index (χ3n) is 5.06. The van der Waals surface area contributed by atoms with Crippen LogP contribution in [-0.2, 0) is 0 Å². The van der Waals surface area contributed by atoms with Gasteiger partial charge in [-0.3, -0.25) is 0 Å². The SMILES string of the molecule is CCC(NC1([Si](C)(C)C)CCCC1)C(C)=C(C)[SiH3]. The Kier molecular flexibility index (Phi) is 5.45. The molecule has 0 saturated heterocycles. The van der Waals surface area contributed by atoms with E-state index in [4.69, 9.17) is 0 Å². The minimum Gasteiger partial charge on any atom is -0.307 e. The molecule has 1 aliphatic carbocycles. The Bertz CT molecular complexity index is 305. The van der Waals surface area contributed by atoms with E-state index in [0.29, 0.717) is 11.2 Å². The summed E-state index contributed by atoms with van der Waals surface area (Å²) >= 11 is 0. The maximum atomic E-state index is 4.13. The third-order valence-corrected chi connectivity index (χ3v) is 9.37. The van der Waals surface area contributed by atoms with Gasteiger partial charge in [-0.1, -0.05) is 50.2 Å². The van der Waals surface area contributed by atoms with Crippen molar-refractivity contribution in [2.24, 2.45) is 0 Å². The summed E-state index contributed by atoms with van der Waals surface area (Å²) in [4.78, 5) is 0. The summed E-state index contributed by atoms with van der Waals surface area (Å²) in [7, 11) is 0.0490. The lowest BCUT2D eigenvalue weighted by Crippen LogP contribution is -2.63. The van der Waals surface area contributed by atoms with E-state index in [1.165, 1.54) is 42.3 Å². The van der Waals surface area contributed by atoms with Crippen LogP contribution in [0.25, 0.3) is 0 Å². The van der Waals surface area contributed by atoms with Crippen molar-refractivity contribution in [3.63, 3.8) is 0 Å². The highest BCUT2D eigenvalue weighted by molar-refractivity contribution is 6.79. The molecule has 0 spiro atoms. The van der Waals surface area contributed by atoms with Crippen molar-refractivity contribution in [2.45, 2.75) is 83.7 Å². The molecule has 0 bridgehead atoms. The Morgan fingerprint density at radius 1 is 1.22 bits per heavy atom. The van der Waals surface area contributed by atoms with E-state index in [9.17, 15) is 0 Å². The molecule has 0 heterocycles. The highest BCUT2D eigenvalue weighted by atomic mass is 28.3. The van der Waals surface area contributed by atoms with Crippen molar-refractivity contribution in [1.29, 1.82) is 0 Å². The van der Waals surface area contributed by atoms with Gasteiger partial charge in [0, 0.05) is 21.4 Å². The average Bonchev–Trinajstić information content (AvgIpc) is 2.73. The van der Waals surface area contributed by atoms with Gasteiger partial charge in [0.25, 0.3) is 0 Å². The van der Waals surface area contributed by atoms with E-state index in [0.717, 1.165) is 0 Å². The standard InChI is InChI=1S/C15H33NSi2/c1-7-14(12(2)13(3)17)16-15(18(4,5)6)10-8-9-11-15/h14,16H,7-11H2,1-6,17H3. The predicted octanol–water partition coefficient (Wildman–Crippen LogP) is 3.20. The van der Waals surface area contributed by atoms with E-state index in [2.05, 4.69) is 45.7 Å². The Morgan fingerprint density at radius 3 is 2.06 bits per heavy atom. The average molecular weight is 284 g/mol. The number of hydrogen-bond acceptors (Lipinski definition) is 1. The molecule has 106 valence electrons. The van der Waals surface area contributed by atoms with Gasteiger partial charge < -0.3 is 5.32 Å². The number of allylic oxidation sites excluding steroid dienone is 1. The Balaban J connectivity index is 2.94. The number of rotatable bonds is 5. The molecular formula is C15H33NSi2. The summed E-state index contributed by atoms with van der Waals surface area (Å²) < 4.78 is 0. The summed E-state index contributed by atoms with van der Waals surface area (Å²) in [6.45, 7) is 14.6. The summed E-state index contributed by atoms with van der Waals surface area (Å²) in [6.07, 6.45) is 6.91. The topological polar surface area (TPSA) is 12.0 Å². The number of hydrogen-bond donors (Lipinski definition) is 1. The molecule has 0 aromatic heterocycles. The lowest BCUT2D eigenvalue weighted by atomic mass is 10.0. The molecule has 0 aromatic rings. The zero-order valence-electron chi connectivity index (χ0n) is 13.6. The van der Waals surface area contributed by atoms with Gasteiger partial charge in [-0.25, -0.2) is 0 Å². The van der Waals surface area contributed by atoms with E-state index < -0.39 is 8.07 Å². The fraction of sp³-hybridized carbons (Fsp3) is 0.867. The van der Waals surface area contributed by atoms with Gasteiger partial charge in [-0.15, -0.1) is 0 Å². The molecule has 3 heteroatoms. The largest absolute Gasteiger partial charge is 0.307 e. The maximum Gasteiger partial charge on any atom is 0.0674 e. The molecule has 1 atom stereocenters. The Hall–Kier alpha value is 0.134. The molecule has 0 amide bonds. The van der Waals surface area contributed by atoms with E-state index in [1.807, 2.05) is 0 Å². The van der Waals surface area contributed by atoms with E-state index >= 15 is 0 Å². The normalized spacial score (nSPS) is 23.0. The van der Waals surface area contributed by atoms with Crippen LogP contribution in [0.3, 0.4) is 0 Å². The van der Waals surface area contributed by atoms with Gasteiger partial charge in [-0.2, -0.15) is 0 Å². The van der Waals surface area contributed by atoms with Crippen molar-refractivity contribution in [3.8, 4) is 0 Å². The van der Waals surface area contributed by atoms with Gasteiger partial charge in [0.05, 0.1) is 8.07 Å². The van der Waals surface area contributed by atoms with E-state index in [-0.39, 0.29) is 0 Å². The van der Waals surface area contributed by atoms with Gasteiger partial charge in [0.1, 0.15) is 0 Å². The lowest BCUT2D eigenvalue weighted by Gasteiger charge is -2.44. The number of nitrogens with one attached hydrogen (secondary N) is 1. The molecule has 18 heavy (non-hydrogen) atoms. The lowest BCUT2D eigenvalue weighted by molar-refractivity contribution is 0.393. The third kappa shape index (κ3) is 3.37. The molecule has 1 N–H and O–H groups in total. The zero-order chi connectivity index (χ0) is 14.0. The van der Waals surface area contributed by atoms with Crippen LogP contribution in [-0.4, -0.2) is 29.5 Å². The summed E-state index contributed by atoms with van der Waals surface area (Å²) in [5.74, 6) is 0. The first-order valence-electron chi connectivity index (χ1n) is 7.65. The molecule has 1 aliphatic rings. The van der Waals surface area contributed by atoms with Crippen LogP contribution in [0, 0.1) is 0 Å². The molecular weight excluding hydrogens is 250 g/mol. The van der Waals surface area contributed by atoms with Crippen molar-refractivity contribution in [3.05, 3.63) is 10.8 Å². The highest BCUT2D eigenvalue weighted by Crippen LogP contribution is 2.38. The van der Waals surface area contributed by atoms with Gasteiger partial charge in [0.2, 0.25) is 0 Å². The molecule has 0 aromatic carbocycles. The first kappa shape index (κ1) is 16.2. The van der Waals surface area contributed by atoms with Crippen LogP contribution in [0.2, 0.25) is 19.6 Å². The molecule has 1 nitrogen and oxygen atoms in total. The van der Waals surface area contributed by atoms with Crippen molar-refractivity contribution >= 4 is 18.3 Å². The monoisotopic (exact) mass is 283 g/mol. The summed E-state index contributed by atoms with van der Waals surface area (Å²) in [5.41, 5.74) is 1.62. The minimum atomic E-state index is -1.16. The predicted molar refractivity (Wildman–Crippen MR) is 90.1 cm³/mol. The highest BCUT2D eigenvalue weighted by Gasteiger charge is 2.45. The summed E-state index contributed by atoms with van der Waals surface area (Å²) in [6, 6.07) is 0.618. The van der Waals surface area contributed by atoms with Crippen LogP contribution in [0.1, 0.15) is 52.9 Å². The molecule has 1 rings (SSSR count). The molecule has 1 saturated carbocycles. The van der Waals surface area contributed by atoms with Crippen LogP contribution < -0.4 is 5.32 Å². The fourth-order valence-corrected chi connectivity index (χ4v) is 6.10.